The van der Waals surface area contributed by atoms with Gasteiger partial charge in [0, 0.05) is 6.92 Å². The summed E-state index contributed by atoms with van der Waals surface area (Å²) >= 11 is 0. The number of rotatable bonds is 8. The largest absolute Gasteiger partial charge is 0.480 e. The lowest BCUT2D eigenvalue weighted by atomic mass is 10.1. The second-order valence-electron chi connectivity index (χ2n) is 3.52. The molecule has 0 aliphatic carbocycles. The van der Waals surface area contributed by atoms with Gasteiger partial charge >= 0.3 is 5.97 Å². The summed E-state index contributed by atoms with van der Waals surface area (Å²) < 4.78 is 0. The molecule has 4 nitrogen and oxygen atoms in total. The van der Waals surface area contributed by atoms with Crippen LogP contribution in [-0.4, -0.2) is 23.0 Å². The van der Waals surface area contributed by atoms with E-state index in [1.54, 1.807) is 0 Å². The van der Waals surface area contributed by atoms with Crippen molar-refractivity contribution in [2.24, 2.45) is 0 Å². The van der Waals surface area contributed by atoms with Crippen molar-refractivity contribution in [1.82, 2.24) is 5.32 Å². The van der Waals surface area contributed by atoms with Gasteiger partial charge in [0.15, 0.2) is 0 Å². The monoisotopic (exact) mass is 213 g/mol. The Bertz CT molecular complexity index is 226. The van der Waals surface area contributed by atoms with E-state index in [0.717, 1.165) is 25.7 Å². The summed E-state index contributed by atoms with van der Waals surface area (Å²) in [7, 11) is 0. The van der Waals surface area contributed by atoms with Crippen molar-refractivity contribution in [3.63, 3.8) is 0 Å². The molecule has 2 N–H and O–H groups in total. The van der Waals surface area contributed by atoms with E-state index in [0.29, 0.717) is 6.42 Å². The Morgan fingerprint density at radius 3 is 2.53 bits per heavy atom. The number of carboxylic acids is 1. The topological polar surface area (TPSA) is 66.4 Å². The van der Waals surface area contributed by atoms with Gasteiger partial charge in [0.05, 0.1) is 0 Å². The molecule has 0 saturated heterocycles. The molecule has 0 rings (SSSR count). The molecule has 0 unspecified atom stereocenters. The van der Waals surface area contributed by atoms with Crippen LogP contribution in [0, 0.1) is 0 Å². The summed E-state index contributed by atoms with van der Waals surface area (Å²) in [5.41, 5.74) is 0. The number of allylic oxidation sites excluding steroid dienone is 1. The zero-order valence-electron chi connectivity index (χ0n) is 9.16. The van der Waals surface area contributed by atoms with E-state index in [-0.39, 0.29) is 5.91 Å². The molecule has 1 amide bonds. The number of aliphatic carboxylic acids is 1. The maximum atomic E-state index is 10.7. The van der Waals surface area contributed by atoms with Crippen molar-refractivity contribution in [3.05, 3.63) is 12.7 Å². The average molecular weight is 213 g/mol. The molecule has 15 heavy (non-hydrogen) atoms. The Kier molecular flexibility index (Phi) is 7.32. The van der Waals surface area contributed by atoms with Gasteiger partial charge in [-0.2, -0.15) is 0 Å². The molecular weight excluding hydrogens is 194 g/mol. The molecule has 0 saturated carbocycles. The number of carbonyl (C=O) groups excluding carboxylic acids is 1. The Hall–Kier alpha value is -1.32. The maximum Gasteiger partial charge on any atom is 0.326 e. The van der Waals surface area contributed by atoms with E-state index >= 15 is 0 Å². The highest BCUT2D eigenvalue weighted by molar-refractivity contribution is 5.81. The molecule has 4 heteroatoms. The van der Waals surface area contributed by atoms with Crippen LogP contribution >= 0.6 is 0 Å². The van der Waals surface area contributed by atoms with Crippen molar-refractivity contribution in [1.29, 1.82) is 0 Å². The summed E-state index contributed by atoms with van der Waals surface area (Å²) in [6.45, 7) is 4.94. The fourth-order valence-electron chi connectivity index (χ4n) is 1.32. The first-order valence-corrected chi connectivity index (χ1v) is 5.18. The SMILES string of the molecule is C=CCCCCC[C@H](NC(C)=O)C(=O)O. The lowest BCUT2D eigenvalue weighted by molar-refractivity contribution is -0.141. The highest BCUT2D eigenvalue weighted by atomic mass is 16.4. The molecule has 0 aromatic rings. The van der Waals surface area contributed by atoms with Crippen molar-refractivity contribution in [2.45, 2.75) is 45.1 Å². The average Bonchev–Trinajstić information content (AvgIpc) is 2.15. The van der Waals surface area contributed by atoms with Crippen LogP contribution in [0.2, 0.25) is 0 Å². The van der Waals surface area contributed by atoms with Crippen LogP contribution in [0.25, 0.3) is 0 Å². The Labute approximate surface area is 90.4 Å². The van der Waals surface area contributed by atoms with E-state index < -0.39 is 12.0 Å². The van der Waals surface area contributed by atoms with Crippen LogP contribution in [0.4, 0.5) is 0 Å². The first kappa shape index (κ1) is 13.7. The molecule has 1 atom stereocenters. The maximum absolute atomic E-state index is 10.7. The third-order valence-corrected chi connectivity index (χ3v) is 2.08. The molecule has 0 heterocycles. The van der Waals surface area contributed by atoms with Crippen LogP contribution in [0.3, 0.4) is 0 Å². The zero-order chi connectivity index (χ0) is 11.7. The number of unbranched alkanes of at least 4 members (excludes halogenated alkanes) is 3. The number of carbonyl (C=O) groups is 2. The van der Waals surface area contributed by atoms with Crippen LogP contribution in [-0.2, 0) is 9.59 Å². The Morgan fingerprint density at radius 2 is 2.07 bits per heavy atom. The van der Waals surface area contributed by atoms with Gasteiger partial charge in [-0.3, -0.25) is 4.79 Å². The predicted octanol–water partition coefficient (Wildman–Crippen LogP) is 1.71. The molecule has 0 aliphatic heterocycles. The zero-order valence-corrected chi connectivity index (χ0v) is 9.16. The quantitative estimate of drug-likeness (QED) is 0.476. The molecule has 0 fully saturated rings. The fourth-order valence-corrected chi connectivity index (χ4v) is 1.32. The van der Waals surface area contributed by atoms with Gasteiger partial charge in [-0.25, -0.2) is 4.79 Å². The molecule has 0 bridgehead atoms. The lowest BCUT2D eigenvalue weighted by Gasteiger charge is -2.12. The third kappa shape index (κ3) is 7.73. The molecule has 0 aromatic heterocycles. The van der Waals surface area contributed by atoms with E-state index in [9.17, 15) is 9.59 Å². The van der Waals surface area contributed by atoms with Crippen molar-refractivity contribution in [2.75, 3.05) is 0 Å². The van der Waals surface area contributed by atoms with Crippen LogP contribution in [0.5, 0.6) is 0 Å². The van der Waals surface area contributed by atoms with Gasteiger partial charge in [0.1, 0.15) is 6.04 Å². The Balaban J connectivity index is 3.71. The third-order valence-electron chi connectivity index (χ3n) is 2.08. The van der Waals surface area contributed by atoms with Gasteiger partial charge in [-0.05, 0) is 19.3 Å². The van der Waals surface area contributed by atoms with Crippen molar-refractivity contribution >= 4 is 11.9 Å². The second kappa shape index (κ2) is 8.03. The van der Waals surface area contributed by atoms with Gasteiger partial charge in [0.25, 0.3) is 0 Å². The highest BCUT2D eigenvalue weighted by Gasteiger charge is 2.16. The van der Waals surface area contributed by atoms with E-state index in [1.807, 2.05) is 6.08 Å². The summed E-state index contributed by atoms with van der Waals surface area (Å²) in [4.78, 5) is 21.4. The number of nitrogens with one attached hydrogen (secondary N) is 1. The van der Waals surface area contributed by atoms with Crippen LogP contribution in [0.15, 0.2) is 12.7 Å². The molecule has 0 aromatic carbocycles. The van der Waals surface area contributed by atoms with Gasteiger partial charge in [-0.15, -0.1) is 6.58 Å². The van der Waals surface area contributed by atoms with Gasteiger partial charge in [-0.1, -0.05) is 18.9 Å². The minimum Gasteiger partial charge on any atom is -0.480 e. The minimum absolute atomic E-state index is 0.298. The van der Waals surface area contributed by atoms with E-state index in [1.165, 1.54) is 6.92 Å². The van der Waals surface area contributed by atoms with E-state index in [4.69, 9.17) is 5.11 Å². The van der Waals surface area contributed by atoms with Gasteiger partial charge in [0.2, 0.25) is 5.91 Å². The van der Waals surface area contributed by atoms with Crippen LogP contribution < -0.4 is 5.32 Å². The molecule has 0 spiro atoms. The van der Waals surface area contributed by atoms with Crippen molar-refractivity contribution in [3.8, 4) is 0 Å². The Morgan fingerprint density at radius 1 is 1.40 bits per heavy atom. The first-order chi connectivity index (χ1) is 7.07. The summed E-state index contributed by atoms with van der Waals surface area (Å²) in [6, 6.07) is -0.744. The standard InChI is InChI=1S/C11H19NO3/c1-3-4-5-6-7-8-10(11(14)15)12-9(2)13/h3,10H,1,4-8H2,2H3,(H,12,13)(H,14,15)/t10-/m0/s1. The minimum atomic E-state index is -0.964. The second-order valence-corrected chi connectivity index (χ2v) is 3.52. The molecule has 0 aliphatic rings. The molecular formula is C11H19NO3. The molecule has 0 radical (unpaired) electrons. The lowest BCUT2D eigenvalue weighted by Crippen LogP contribution is -2.39. The highest BCUT2D eigenvalue weighted by Crippen LogP contribution is 2.06. The van der Waals surface area contributed by atoms with Crippen LogP contribution in [0.1, 0.15) is 39.0 Å². The summed E-state index contributed by atoms with van der Waals surface area (Å²) in [5, 5.41) is 11.2. The first-order valence-electron chi connectivity index (χ1n) is 5.18. The predicted molar refractivity (Wildman–Crippen MR) is 58.5 cm³/mol. The summed E-state index contributed by atoms with van der Waals surface area (Å²) in [6.07, 6.45) is 6.10. The van der Waals surface area contributed by atoms with Crippen molar-refractivity contribution < 1.29 is 14.7 Å². The number of amides is 1. The number of hydrogen-bond donors (Lipinski definition) is 2. The van der Waals surface area contributed by atoms with Gasteiger partial charge < -0.3 is 10.4 Å². The fraction of sp³-hybridized carbons (Fsp3) is 0.636. The molecule has 86 valence electrons. The number of hydrogen-bond acceptors (Lipinski definition) is 2. The smallest absolute Gasteiger partial charge is 0.326 e. The normalized spacial score (nSPS) is 11.8. The summed E-state index contributed by atoms with van der Waals surface area (Å²) in [5.74, 6) is -1.26. The number of carboxylic acid groups (broad SMARTS) is 1. The van der Waals surface area contributed by atoms with E-state index in [2.05, 4.69) is 11.9 Å².